The summed E-state index contributed by atoms with van der Waals surface area (Å²) in [4.78, 5) is 0. The molecule has 1 aliphatic rings. The molecule has 5 radical (unpaired) electrons. The SMILES string of the molecule is [CH]1[CH][CH][C](c2cc3ccccc3o2)[CH]1. The third-order valence-corrected chi connectivity index (χ3v) is 2.37. The van der Waals surface area contributed by atoms with Gasteiger partial charge in [0.25, 0.3) is 0 Å². The van der Waals surface area contributed by atoms with Crippen molar-refractivity contribution in [3.63, 3.8) is 0 Å². The van der Waals surface area contributed by atoms with Crippen LogP contribution in [0, 0.1) is 31.6 Å². The molecule has 1 aromatic heterocycles. The second-order valence-electron chi connectivity index (χ2n) is 3.32. The molecule has 1 nitrogen and oxygen atoms in total. The van der Waals surface area contributed by atoms with Gasteiger partial charge in [-0.1, -0.05) is 18.2 Å². The number of benzene rings is 1. The highest BCUT2D eigenvalue weighted by atomic mass is 16.3. The Morgan fingerprint density at radius 1 is 0.929 bits per heavy atom. The molecule has 0 N–H and O–H groups in total. The fourth-order valence-corrected chi connectivity index (χ4v) is 1.66. The highest BCUT2D eigenvalue weighted by Gasteiger charge is 2.22. The van der Waals surface area contributed by atoms with E-state index in [1.807, 2.05) is 31.0 Å². The van der Waals surface area contributed by atoms with Gasteiger partial charge in [-0.2, -0.15) is 0 Å². The Morgan fingerprint density at radius 3 is 2.50 bits per heavy atom. The second-order valence-corrected chi connectivity index (χ2v) is 3.32. The number of rotatable bonds is 1. The Labute approximate surface area is 83.7 Å². The van der Waals surface area contributed by atoms with Crippen molar-refractivity contribution in [3.8, 4) is 0 Å². The lowest BCUT2D eigenvalue weighted by Crippen LogP contribution is -1.90. The van der Waals surface area contributed by atoms with E-state index in [4.69, 9.17) is 4.42 Å². The fourth-order valence-electron chi connectivity index (χ4n) is 1.66. The summed E-state index contributed by atoms with van der Waals surface area (Å²) in [5, 5.41) is 1.16. The summed E-state index contributed by atoms with van der Waals surface area (Å²) in [6, 6.07) is 10.1. The molecule has 1 saturated carbocycles. The van der Waals surface area contributed by atoms with Crippen molar-refractivity contribution in [1.82, 2.24) is 0 Å². The Balaban J connectivity index is 2.05. The highest BCUT2D eigenvalue weighted by molar-refractivity contribution is 5.78. The molecule has 1 heteroatoms. The van der Waals surface area contributed by atoms with Gasteiger partial charge < -0.3 is 4.42 Å². The fraction of sp³-hybridized carbons (Fsp3) is 0. The molecule has 0 spiro atoms. The lowest BCUT2D eigenvalue weighted by Gasteiger charge is -2.00. The smallest absolute Gasteiger partial charge is 0.134 e. The van der Waals surface area contributed by atoms with Crippen molar-refractivity contribution in [3.05, 3.63) is 67.7 Å². The monoisotopic (exact) mass is 181 g/mol. The van der Waals surface area contributed by atoms with Gasteiger partial charge in [0.05, 0.1) is 0 Å². The molecule has 2 aromatic rings. The van der Waals surface area contributed by atoms with Gasteiger partial charge in [-0.3, -0.25) is 0 Å². The Kier molecular flexibility index (Phi) is 1.83. The van der Waals surface area contributed by atoms with Gasteiger partial charge in [0.1, 0.15) is 11.3 Å². The maximum atomic E-state index is 5.71. The van der Waals surface area contributed by atoms with E-state index in [0.717, 1.165) is 22.6 Å². The van der Waals surface area contributed by atoms with Crippen LogP contribution in [0.2, 0.25) is 0 Å². The molecular formula is C13H9O. The van der Waals surface area contributed by atoms with E-state index in [-0.39, 0.29) is 0 Å². The van der Waals surface area contributed by atoms with Crippen LogP contribution in [0.1, 0.15) is 5.76 Å². The van der Waals surface area contributed by atoms with Crippen LogP contribution in [0.4, 0.5) is 0 Å². The first-order chi connectivity index (χ1) is 6.93. The molecule has 0 bridgehead atoms. The molecule has 0 aliphatic heterocycles. The largest absolute Gasteiger partial charge is 0.460 e. The number of para-hydroxylation sites is 1. The number of fused-ring (bicyclic) bond motifs is 1. The number of hydrogen-bond donors (Lipinski definition) is 0. The zero-order valence-electron chi connectivity index (χ0n) is 7.60. The first-order valence-corrected chi connectivity index (χ1v) is 4.64. The molecule has 1 aliphatic carbocycles. The predicted molar refractivity (Wildman–Crippen MR) is 55.8 cm³/mol. The van der Waals surface area contributed by atoms with Crippen molar-refractivity contribution < 1.29 is 4.42 Å². The minimum atomic E-state index is 0.941. The highest BCUT2D eigenvalue weighted by Crippen LogP contribution is 2.33. The average molecular weight is 181 g/mol. The summed E-state index contributed by atoms with van der Waals surface area (Å²) >= 11 is 0. The second kappa shape index (κ2) is 3.16. The van der Waals surface area contributed by atoms with Crippen LogP contribution in [0.25, 0.3) is 11.0 Å². The van der Waals surface area contributed by atoms with Crippen molar-refractivity contribution in [2.45, 2.75) is 0 Å². The van der Waals surface area contributed by atoms with Gasteiger partial charge in [0.2, 0.25) is 0 Å². The number of hydrogen-bond acceptors (Lipinski definition) is 1. The van der Waals surface area contributed by atoms with E-state index in [2.05, 4.69) is 25.0 Å². The van der Waals surface area contributed by atoms with Gasteiger partial charge in [-0.05, 0) is 37.8 Å². The molecule has 1 aromatic carbocycles. The summed E-state index contributed by atoms with van der Waals surface area (Å²) < 4.78 is 5.71. The Bertz CT molecular complexity index is 402. The zero-order chi connectivity index (χ0) is 9.38. The van der Waals surface area contributed by atoms with E-state index in [1.54, 1.807) is 0 Å². The predicted octanol–water partition coefficient (Wildman–Crippen LogP) is 3.19. The van der Waals surface area contributed by atoms with Crippen LogP contribution < -0.4 is 0 Å². The average Bonchev–Trinajstić information content (AvgIpc) is 2.86. The molecule has 0 amide bonds. The van der Waals surface area contributed by atoms with Crippen LogP contribution in [-0.4, -0.2) is 0 Å². The van der Waals surface area contributed by atoms with E-state index in [9.17, 15) is 0 Å². The van der Waals surface area contributed by atoms with Crippen molar-refractivity contribution in [2.24, 2.45) is 0 Å². The Hall–Kier alpha value is -1.24. The molecule has 0 saturated heterocycles. The van der Waals surface area contributed by atoms with Crippen molar-refractivity contribution >= 4 is 11.0 Å². The molecule has 1 heterocycles. The van der Waals surface area contributed by atoms with Crippen LogP contribution in [0.15, 0.2) is 34.7 Å². The maximum Gasteiger partial charge on any atom is 0.134 e. The summed E-state index contributed by atoms with van der Waals surface area (Å²) in [5.74, 6) is 2.08. The van der Waals surface area contributed by atoms with Crippen LogP contribution in [-0.2, 0) is 0 Å². The molecule has 1 fully saturated rings. The van der Waals surface area contributed by atoms with E-state index < -0.39 is 0 Å². The standard InChI is InChI=1S/C13H9O/c1-2-6-10(5-1)13-9-11-7-3-4-8-12(11)14-13/h1-9H. The van der Waals surface area contributed by atoms with Crippen LogP contribution in [0.3, 0.4) is 0 Å². The van der Waals surface area contributed by atoms with Gasteiger partial charge in [0, 0.05) is 11.3 Å². The van der Waals surface area contributed by atoms with E-state index in [1.165, 1.54) is 0 Å². The topological polar surface area (TPSA) is 13.1 Å². The van der Waals surface area contributed by atoms with Gasteiger partial charge in [-0.15, -0.1) is 0 Å². The van der Waals surface area contributed by atoms with Gasteiger partial charge in [-0.25, -0.2) is 0 Å². The van der Waals surface area contributed by atoms with Crippen molar-refractivity contribution in [1.29, 1.82) is 0 Å². The van der Waals surface area contributed by atoms with Crippen LogP contribution >= 0.6 is 0 Å². The summed E-state index contributed by atoms with van der Waals surface area (Å²) in [5.41, 5.74) is 0.948. The van der Waals surface area contributed by atoms with Crippen molar-refractivity contribution in [2.75, 3.05) is 0 Å². The lowest BCUT2D eigenvalue weighted by molar-refractivity contribution is 0.576. The maximum absolute atomic E-state index is 5.71. The molecule has 0 unspecified atom stereocenters. The molecular weight excluding hydrogens is 172 g/mol. The molecule has 0 atom stereocenters. The summed E-state index contributed by atoms with van der Waals surface area (Å²) in [6.45, 7) is 0. The first kappa shape index (κ1) is 8.10. The minimum Gasteiger partial charge on any atom is -0.460 e. The lowest BCUT2D eigenvalue weighted by atomic mass is 10.1. The zero-order valence-corrected chi connectivity index (χ0v) is 7.60. The Morgan fingerprint density at radius 2 is 1.71 bits per heavy atom. The van der Waals surface area contributed by atoms with E-state index >= 15 is 0 Å². The molecule has 14 heavy (non-hydrogen) atoms. The molecule has 3 rings (SSSR count). The minimum absolute atomic E-state index is 0.941. The van der Waals surface area contributed by atoms with E-state index in [0.29, 0.717) is 0 Å². The summed E-state index contributed by atoms with van der Waals surface area (Å²) in [6.07, 6.45) is 8.14. The van der Waals surface area contributed by atoms with Crippen LogP contribution in [0.5, 0.6) is 0 Å². The number of furan rings is 1. The molecule has 67 valence electrons. The third-order valence-electron chi connectivity index (χ3n) is 2.37. The first-order valence-electron chi connectivity index (χ1n) is 4.64. The quantitative estimate of drug-likeness (QED) is 0.658. The summed E-state index contributed by atoms with van der Waals surface area (Å²) in [7, 11) is 0. The normalized spacial score (nSPS) is 18.0. The van der Waals surface area contributed by atoms with Gasteiger partial charge in [0.15, 0.2) is 0 Å². The van der Waals surface area contributed by atoms with Gasteiger partial charge >= 0.3 is 0 Å². The third kappa shape index (κ3) is 1.24.